The average Bonchev–Trinajstić information content (AvgIpc) is 3.27. The van der Waals surface area contributed by atoms with Crippen molar-refractivity contribution in [2.24, 2.45) is 0 Å². The molecule has 4 rings (SSSR count). The minimum absolute atomic E-state index is 0.0786. The molecule has 2 N–H and O–H groups in total. The largest absolute Gasteiger partial charge is 0.508 e. The van der Waals surface area contributed by atoms with E-state index in [2.05, 4.69) is 15.6 Å². The molecule has 4 aromatic rings. The number of benzene rings is 3. The molecule has 8 nitrogen and oxygen atoms in total. The highest BCUT2D eigenvalue weighted by atomic mass is 16.3. The van der Waals surface area contributed by atoms with Crippen LogP contribution < -0.4 is 10.2 Å². The third kappa shape index (κ3) is 5.63. The van der Waals surface area contributed by atoms with Crippen molar-refractivity contribution in [3.63, 3.8) is 0 Å². The molecule has 1 unspecified atom stereocenters. The molecular weight excluding hydrogens is 466 g/mol. The molecule has 1 heterocycles. The molecule has 0 spiro atoms. The van der Waals surface area contributed by atoms with Crippen molar-refractivity contribution < 1.29 is 14.7 Å². The standard InChI is InChI=1S/C29H33N5O3/c1-6-29(4,5)30-28(37)27(21-12-15-23(35)16-13-21)34(22-14-11-19(2)20(3)17-22)26(36)18-33-25-10-8-7-9-24(25)31-32-33/h7-17,27,35H,6,18H2,1-5H3,(H,30,37). The summed E-state index contributed by atoms with van der Waals surface area (Å²) in [5, 5.41) is 21.4. The van der Waals surface area contributed by atoms with Crippen molar-refractivity contribution in [3.05, 3.63) is 83.4 Å². The van der Waals surface area contributed by atoms with Crippen LogP contribution in [0.3, 0.4) is 0 Å². The van der Waals surface area contributed by atoms with Gasteiger partial charge in [-0.15, -0.1) is 5.10 Å². The SMILES string of the molecule is CCC(C)(C)NC(=O)C(c1ccc(O)cc1)N(C(=O)Cn1nnc2ccccc21)c1ccc(C)c(C)c1. The first kappa shape index (κ1) is 25.9. The number of hydrogen-bond acceptors (Lipinski definition) is 5. The van der Waals surface area contributed by atoms with Crippen LogP contribution in [0.4, 0.5) is 5.69 Å². The van der Waals surface area contributed by atoms with E-state index in [0.717, 1.165) is 16.6 Å². The Hall–Kier alpha value is -4.20. The summed E-state index contributed by atoms with van der Waals surface area (Å²) in [6.45, 7) is 9.76. The second-order valence-electron chi connectivity index (χ2n) is 9.99. The number of amides is 2. The number of phenols is 1. The van der Waals surface area contributed by atoms with Gasteiger partial charge >= 0.3 is 0 Å². The molecule has 1 aromatic heterocycles. The highest BCUT2D eigenvalue weighted by Crippen LogP contribution is 2.31. The maximum absolute atomic E-state index is 14.1. The number of fused-ring (bicyclic) bond motifs is 1. The number of anilines is 1. The molecular formula is C29H33N5O3. The Morgan fingerprint density at radius 2 is 1.73 bits per heavy atom. The minimum Gasteiger partial charge on any atom is -0.508 e. The summed E-state index contributed by atoms with van der Waals surface area (Å²) < 4.78 is 1.55. The maximum Gasteiger partial charge on any atom is 0.249 e. The van der Waals surface area contributed by atoms with Crippen LogP contribution in [0.2, 0.25) is 0 Å². The first-order chi connectivity index (χ1) is 17.6. The Labute approximate surface area is 216 Å². The summed E-state index contributed by atoms with van der Waals surface area (Å²) in [7, 11) is 0. The smallest absolute Gasteiger partial charge is 0.249 e. The zero-order chi connectivity index (χ0) is 26.7. The molecule has 0 saturated heterocycles. The van der Waals surface area contributed by atoms with Crippen LogP contribution in [0.5, 0.6) is 5.75 Å². The number of hydrogen-bond donors (Lipinski definition) is 2. The van der Waals surface area contributed by atoms with Gasteiger partial charge in [-0.3, -0.25) is 14.5 Å². The Bertz CT molecular complexity index is 1430. The lowest BCUT2D eigenvalue weighted by Crippen LogP contribution is -2.51. The average molecular weight is 500 g/mol. The van der Waals surface area contributed by atoms with E-state index < -0.39 is 11.6 Å². The molecule has 1 atom stereocenters. The maximum atomic E-state index is 14.1. The summed E-state index contributed by atoms with van der Waals surface area (Å²) >= 11 is 0. The van der Waals surface area contributed by atoms with Crippen LogP contribution in [-0.4, -0.2) is 37.5 Å². The highest BCUT2D eigenvalue weighted by molar-refractivity contribution is 6.01. The zero-order valence-corrected chi connectivity index (χ0v) is 21.9. The quantitative estimate of drug-likeness (QED) is 0.362. The molecule has 37 heavy (non-hydrogen) atoms. The van der Waals surface area contributed by atoms with Gasteiger partial charge in [0.25, 0.3) is 0 Å². The fraction of sp³-hybridized carbons (Fsp3) is 0.310. The van der Waals surface area contributed by atoms with Crippen LogP contribution in [0.15, 0.2) is 66.7 Å². The van der Waals surface area contributed by atoms with Gasteiger partial charge < -0.3 is 10.4 Å². The molecule has 0 saturated carbocycles. The predicted octanol–water partition coefficient (Wildman–Crippen LogP) is 4.83. The number of rotatable bonds is 8. The second kappa shape index (κ2) is 10.4. The summed E-state index contributed by atoms with van der Waals surface area (Å²) in [6.07, 6.45) is 0.712. The molecule has 0 fully saturated rings. The van der Waals surface area contributed by atoms with E-state index in [1.165, 1.54) is 17.0 Å². The zero-order valence-electron chi connectivity index (χ0n) is 21.9. The van der Waals surface area contributed by atoms with Crippen molar-refractivity contribution >= 4 is 28.5 Å². The van der Waals surface area contributed by atoms with Gasteiger partial charge in [0.15, 0.2) is 0 Å². The summed E-state index contributed by atoms with van der Waals surface area (Å²) in [5.74, 6) is -0.552. The monoisotopic (exact) mass is 499 g/mol. The van der Waals surface area contributed by atoms with Crippen molar-refractivity contribution in [1.29, 1.82) is 0 Å². The van der Waals surface area contributed by atoms with Crippen molar-refractivity contribution in [2.45, 2.75) is 59.2 Å². The van der Waals surface area contributed by atoms with Crippen LogP contribution in [0.25, 0.3) is 11.0 Å². The molecule has 8 heteroatoms. The lowest BCUT2D eigenvalue weighted by Gasteiger charge is -2.35. The number of carbonyl (C=O) groups excluding carboxylic acids is 2. The minimum atomic E-state index is -0.976. The number of phenolic OH excluding ortho intramolecular Hbond substituents is 1. The van der Waals surface area contributed by atoms with Crippen LogP contribution >= 0.6 is 0 Å². The summed E-state index contributed by atoms with van der Waals surface area (Å²) in [4.78, 5) is 29.5. The van der Waals surface area contributed by atoms with Gasteiger partial charge in [-0.2, -0.15) is 0 Å². The number of aryl methyl sites for hydroxylation is 2. The molecule has 0 aliphatic heterocycles. The van der Waals surface area contributed by atoms with E-state index in [9.17, 15) is 14.7 Å². The van der Waals surface area contributed by atoms with Gasteiger partial charge in [-0.05, 0) is 87.2 Å². The number of aromatic hydroxyl groups is 1. The van der Waals surface area contributed by atoms with Crippen molar-refractivity contribution in [3.8, 4) is 5.75 Å². The third-order valence-electron chi connectivity index (χ3n) is 6.80. The Kier molecular flexibility index (Phi) is 7.29. The van der Waals surface area contributed by atoms with E-state index in [-0.39, 0.29) is 24.1 Å². The molecule has 2 amide bonds. The number of aromatic nitrogens is 3. The topological polar surface area (TPSA) is 100 Å². The van der Waals surface area contributed by atoms with E-state index in [4.69, 9.17) is 0 Å². The Balaban J connectivity index is 1.84. The number of nitrogens with one attached hydrogen (secondary N) is 1. The molecule has 0 radical (unpaired) electrons. The van der Waals surface area contributed by atoms with Crippen molar-refractivity contribution in [1.82, 2.24) is 20.3 Å². The number of nitrogens with zero attached hydrogens (tertiary/aromatic N) is 4. The molecule has 0 aliphatic carbocycles. The Morgan fingerprint density at radius 1 is 1.03 bits per heavy atom. The Morgan fingerprint density at radius 3 is 2.41 bits per heavy atom. The lowest BCUT2D eigenvalue weighted by atomic mass is 9.97. The fourth-order valence-corrected chi connectivity index (χ4v) is 4.12. The second-order valence-corrected chi connectivity index (χ2v) is 9.99. The first-order valence-corrected chi connectivity index (χ1v) is 12.4. The van der Waals surface area contributed by atoms with Crippen molar-refractivity contribution in [2.75, 3.05) is 4.90 Å². The number of para-hydroxylation sites is 1. The summed E-state index contributed by atoms with van der Waals surface area (Å²) in [6, 6.07) is 18.6. The van der Waals surface area contributed by atoms with Crippen LogP contribution in [-0.2, 0) is 16.1 Å². The molecule has 0 aliphatic rings. The van der Waals surface area contributed by atoms with E-state index in [1.54, 1.807) is 16.8 Å². The van der Waals surface area contributed by atoms with E-state index in [1.807, 2.05) is 77.1 Å². The van der Waals surface area contributed by atoms with Gasteiger partial charge in [-0.1, -0.05) is 42.5 Å². The van der Waals surface area contributed by atoms with Gasteiger partial charge in [0.05, 0.1) is 5.52 Å². The predicted molar refractivity (Wildman–Crippen MR) is 144 cm³/mol. The third-order valence-corrected chi connectivity index (χ3v) is 6.80. The molecule has 3 aromatic carbocycles. The van der Waals surface area contributed by atoms with E-state index in [0.29, 0.717) is 23.2 Å². The molecule has 0 bridgehead atoms. The van der Waals surface area contributed by atoms with Gasteiger partial charge in [0.2, 0.25) is 11.8 Å². The normalized spacial score (nSPS) is 12.4. The van der Waals surface area contributed by atoms with Gasteiger partial charge in [-0.25, -0.2) is 4.68 Å². The highest BCUT2D eigenvalue weighted by Gasteiger charge is 2.35. The van der Waals surface area contributed by atoms with Crippen LogP contribution in [0, 0.1) is 13.8 Å². The first-order valence-electron chi connectivity index (χ1n) is 12.4. The van der Waals surface area contributed by atoms with Gasteiger partial charge in [0.1, 0.15) is 23.9 Å². The van der Waals surface area contributed by atoms with Gasteiger partial charge in [0, 0.05) is 11.2 Å². The lowest BCUT2D eigenvalue weighted by molar-refractivity contribution is -0.128. The number of carbonyl (C=O) groups is 2. The van der Waals surface area contributed by atoms with Crippen LogP contribution in [0.1, 0.15) is 49.9 Å². The van der Waals surface area contributed by atoms with E-state index >= 15 is 0 Å². The fourth-order valence-electron chi connectivity index (χ4n) is 4.12. The summed E-state index contributed by atoms with van der Waals surface area (Å²) in [5.41, 5.74) is 4.19. The molecule has 192 valence electrons.